The Morgan fingerprint density at radius 1 is 1.25 bits per heavy atom. The summed E-state index contributed by atoms with van der Waals surface area (Å²) in [4.78, 5) is 23.1. The minimum absolute atomic E-state index is 0.355. The third-order valence-corrected chi connectivity index (χ3v) is 2.36. The summed E-state index contributed by atoms with van der Waals surface area (Å²) < 4.78 is 10.2. The Morgan fingerprint density at radius 3 is 2.35 bits per heavy atom. The monoisotopic (exact) mass is 281 g/mol. The number of amides is 1. The van der Waals surface area contributed by atoms with Crippen molar-refractivity contribution in [3.05, 3.63) is 29.8 Å². The summed E-state index contributed by atoms with van der Waals surface area (Å²) in [6, 6.07) is 5.36. The van der Waals surface area contributed by atoms with E-state index in [1.54, 1.807) is 45.0 Å². The number of aliphatic carboxylic acids is 1. The van der Waals surface area contributed by atoms with Crippen LogP contribution in [0.25, 0.3) is 0 Å². The molecule has 2 N–H and O–H groups in total. The Balaban J connectivity index is 2.96. The van der Waals surface area contributed by atoms with Crippen LogP contribution in [0.2, 0.25) is 0 Å². The van der Waals surface area contributed by atoms with E-state index < -0.39 is 23.7 Å². The average Bonchev–Trinajstić information content (AvgIpc) is 2.33. The van der Waals surface area contributed by atoms with Crippen LogP contribution in [0.5, 0.6) is 5.75 Å². The standard InChI is InChI=1S/C14H19NO5/c1-14(2,3)20-13(18)15-11(12(16)17)9-7-5-6-8-10(9)19-4/h5-8,11H,1-4H3,(H,15,18)(H,16,17). The van der Waals surface area contributed by atoms with Gasteiger partial charge >= 0.3 is 12.1 Å². The molecule has 6 heteroatoms. The van der Waals surface area contributed by atoms with E-state index >= 15 is 0 Å². The summed E-state index contributed by atoms with van der Waals surface area (Å²) in [5.74, 6) is -0.809. The van der Waals surface area contributed by atoms with Crippen molar-refractivity contribution >= 4 is 12.1 Å². The Kier molecular flexibility index (Phi) is 4.96. The number of ether oxygens (including phenoxy) is 2. The molecule has 0 aromatic heterocycles. The maximum Gasteiger partial charge on any atom is 0.408 e. The van der Waals surface area contributed by atoms with Crippen molar-refractivity contribution in [2.45, 2.75) is 32.4 Å². The first-order valence-corrected chi connectivity index (χ1v) is 6.10. The highest BCUT2D eigenvalue weighted by Crippen LogP contribution is 2.25. The highest BCUT2D eigenvalue weighted by atomic mass is 16.6. The van der Waals surface area contributed by atoms with Crippen molar-refractivity contribution < 1.29 is 24.2 Å². The number of methoxy groups -OCH3 is 1. The number of carboxylic acid groups (broad SMARTS) is 1. The minimum Gasteiger partial charge on any atom is -0.496 e. The predicted octanol–water partition coefficient (Wildman–Crippen LogP) is 2.35. The van der Waals surface area contributed by atoms with Gasteiger partial charge in [0, 0.05) is 5.56 Å². The molecule has 0 aliphatic rings. The first kappa shape index (κ1) is 15.8. The number of hydrogen-bond donors (Lipinski definition) is 2. The Labute approximate surface area is 117 Å². The second-order valence-corrected chi connectivity index (χ2v) is 5.16. The molecule has 20 heavy (non-hydrogen) atoms. The van der Waals surface area contributed by atoms with E-state index in [0.29, 0.717) is 11.3 Å². The van der Waals surface area contributed by atoms with Gasteiger partial charge < -0.3 is 19.9 Å². The fraction of sp³-hybridized carbons (Fsp3) is 0.429. The maximum absolute atomic E-state index is 11.7. The topological polar surface area (TPSA) is 84.9 Å². The van der Waals surface area contributed by atoms with Crippen molar-refractivity contribution in [1.82, 2.24) is 5.32 Å². The van der Waals surface area contributed by atoms with E-state index in [1.807, 2.05) is 0 Å². The lowest BCUT2D eigenvalue weighted by atomic mass is 10.1. The molecule has 0 saturated heterocycles. The van der Waals surface area contributed by atoms with Gasteiger partial charge in [-0.3, -0.25) is 0 Å². The van der Waals surface area contributed by atoms with Crippen LogP contribution < -0.4 is 10.1 Å². The molecule has 110 valence electrons. The molecular formula is C14H19NO5. The van der Waals surface area contributed by atoms with Crippen molar-refractivity contribution in [2.24, 2.45) is 0 Å². The van der Waals surface area contributed by atoms with Gasteiger partial charge in [0.15, 0.2) is 6.04 Å². The first-order valence-electron chi connectivity index (χ1n) is 6.10. The molecule has 1 aromatic rings. The number of benzene rings is 1. The van der Waals surface area contributed by atoms with Gasteiger partial charge in [-0.05, 0) is 26.8 Å². The maximum atomic E-state index is 11.7. The largest absolute Gasteiger partial charge is 0.496 e. The van der Waals surface area contributed by atoms with E-state index in [2.05, 4.69) is 5.32 Å². The molecule has 0 bridgehead atoms. The molecule has 1 atom stereocenters. The SMILES string of the molecule is COc1ccccc1C(NC(=O)OC(C)(C)C)C(=O)O. The number of rotatable bonds is 4. The second-order valence-electron chi connectivity index (χ2n) is 5.16. The average molecular weight is 281 g/mol. The lowest BCUT2D eigenvalue weighted by molar-refractivity contribution is -0.139. The van der Waals surface area contributed by atoms with Crippen molar-refractivity contribution in [2.75, 3.05) is 7.11 Å². The normalized spacial score (nSPS) is 12.4. The fourth-order valence-electron chi connectivity index (χ4n) is 1.60. The van der Waals surface area contributed by atoms with Gasteiger partial charge in [-0.15, -0.1) is 0 Å². The van der Waals surface area contributed by atoms with E-state index in [4.69, 9.17) is 9.47 Å². The van der Waals surface area contributed by atoms with Crippen LogP contribution in [-0.2, 0) is 9.53 Å². The molecule has 0 heterocycles. The van der Waals surface area contributed by atoms with Crippen LogP contribution in [0.4, 0.5) is 4.79 Å². The summed E-state index contributed by atoms with van der Waals surface area (Å²) in [6.45, 7) is 5.10. The van der Waals surface area contributed by atoms with Crippen molar-refractivity contribution in [3.8, 4) is 5.75 Å². The predicted molar refractivity (Wildman–Crippen MR) is 72.7 cm³/mol. The summed E-state index contributed by atoms with van der Waals surface area (Å²) >= 11 is 0. The van der Waals surface area contributed by atoms with Crippen LogP contribution in [0.1, 0.15) is 32.4 Å². The molecule has 0 fully saturated rings. The van der Waals surface area contributed by atoms with Gasteiger partial charge in [-0.25, -0.2) is 9.59 Å². The van der Waals surface area contributed by atoms with Gasteiger partial charge in [0.05, 0.1) is 7.11 Å². The third-order valence-electron chi connectivity index (χ3n) is 2.36. The highest BCUT2D eigenvalue weighted by molar-refractivity contribution is 5.82. The molecule has 0 aliphatic heterocycles. The summed E-state index contributed by atoms with van der Waals surface area (Å²) in [5, 5.41) is 11.6. The molecule has 0 aliphatic carbocycles. The van der Waals surface area contributed by atoms with Gasteiger partial charge in [-0.2, -0.15) is 0 Å². The number of carbonyl (C=O) groups is 2. The zero-order chi connectivity index (χ0) is 15.3. The molecule has 0 spiro atoms. The third kappa shape index (κ3) is 4.46. The second kappa shape index (κ2) is 6.27. The fourth-order valence-corrected chi connectivity index (χ4v) is 1.60. The zero-order valence-electron chi connectivity index (χ0n) is 12.0. The molecule has 6 nitrogen and oxygen atoms in total. The van der Waals surface area contributed by atoms with Crippen LogP contribution in [-0.4, -0.2) is 29.9 Å². The molecule has 1 unspecified atom stereocenters. The van der Waals surface area contributed by atoms with Crippen molar-refractivity contribution in [1.29, 1.82) is 0 Å². The number of hydrogen-bond acceptors (Lipinski definition) is 4. The lowest BCUT2D eigenvalue weighted by Crippen LogP contribution is -2.38. The van der Waals surface area contributed by atoms with Crippen LogP contribution >= 0.6 is 0 Å². The molecular weight excluding hydrogens is 262 g/mol. The number of para-hydroxylation sites is 1. The van der Waals surface area contributed by atoms with Crippen LogP contribution in [0.15, 0.2) is 24.3 Å². The minimum atomic E-state index is -1.24. The van der Waals surface area contributed by atoms with Gasteiger partial charge in [0.25, 0.3) is 0 Å². The molecule has 0 saturated carbocycles. The van der Waals surface area contributed by atoms with Gasteiger partial charge in [0.2, 0.25) is 0 Å². The van der Waals surface area contributed by atoms with Gasteiger partial charge in [-0.1, -0.05) is 18.2 Å². The van der Waals surface area contributed by atoms with E-state index in [9.17, 15) is 14.7 Å². The first-order chi connectivity index (χ1) is 9.24. The summed E-state index contributed by atoms with van der Waals surface area (Å²) in [6.07, 6.45) is -0.796. The van der Waals surface area contributed by atoms with Crippen molar-refractivity contribution in [3.63, 3.8) is 0 Å². The number of nitrogens with one attached hydrogen (secondary N) is 1. The Morgan fingerprint density at radius 2 is 1.85 bits per heavy atom. The van der Waals surface area contributed by atoms with Crippen LogP contribution in [0, 0.1) is 0 Å². The van der Waals surface area contributed by atoms with E-state index in [0.717, 1.165) is 0 Å². The number of carbonyl (C=O) groups excluding carboxylic acids is 1. The lowest BCUT2D eigenvalue weighted by Gasteiger charge is -2.22. The number of alkyl carbamates (subject to hydrolysis) is 1. The molecule has 1 rings (SSSR count). The van der Waals surface area contributed by atoms with E-state index in [1.165, 1.54) is 7.11 Å². The quantitative estimate of drug-likeness (QED) is 0.884. The number of carboxylic acids is 1. The summed E-state index contributed by atoms with van der Waals surface area (Å²) in [7, 11) is 1.44. The zero-order valence-corrected chi connectivity index (χ0v) is 12.0. The Bertz CT molecular complexity index is 493. The molecule has 0 radical (unpaired) electrons. The Hall–Kier alpha value is -2.24. The smallest absolute Gasteiger partial charge is 0.408 e. The van der Waals surface area contributed by atoms with Gasteiger partial charge in [0.1, 0.15) is 11.4 Å². The van der Waals surface area contributed by atoms with Crippen LogP contribution in [0.3, 0.4) is 0 Å². The highest BCUT2D eigenvalue weighted by Gasteiger charge is 2.27. The summed E-state index contributed by atoms with van der Waals surface area (Å²) in [5.41, 5.74) is -0.346. The molecule has 1 amide bonds. The molecule has 1 aromatic carbocycles. The van der Waals surface area contributed by atoms with E-state index in [-0.39, 0.29) is 0 Å².